The van der Waals surface area contributed by atoms with E-state index in [-0.39, 0.29) is 6.10 Å². The smallest absolute Gasteiger partial charge is 0.0836 e. The third kappa shape index (κ3) is 4.60. The molecule has 1 aromatic rings. The Morgan fingerprint density at radius 2 is 2.16 bits per heavy atom. The average molecular weight is 264 g/mol. The van der Waals surface area contributed by atoms with Crippen LogP contribution >= 0.6 is 0 Å². The molecule has 0 aliphatic carbocycles. The van der Waals surface area contributed by atoms with Gasteiger partial charge in [-0.15, -0.1) is 0 Å². The normalized spacial score (nSPS) is 27.4. The van der Waals surface area contributed by atoms with E-state index in [0.29, 0.717) is 26.2 Å². The van der Waals surface area contributed by atoms with Gasteiger partial charge in [0, 0.05) is 13.0 Å². The minimum Gasteiger partial charge on any atom is -0.390 e. The first kappa shape index (κ1) is 14.5. The van der Waals surface area contributed by atoms with Crippen molar-refractivity contribution in [2.75, 3.05) is 13.2 Å². The molecule has 0 saturated carbocycles. The highest BCUT2D eigenvalue weighted by molar-refractivity contribution is 5.13. The highest BCUT2D eigenvalue weighted by atomic mass is 16.5. The topological polar surface area (TPSA) is 38.7 Å². The maximum atomic E-state index is 10.4. The van der Waals surface area contributed by atoms with Gasteiger partial charge in [-0.25, -0.2) is 0 Å². The minimum atomic E-state index is -0.548. The first-order valence-electron chi connectivity index (χ1n) is 7.17. The lowest BCUT2D eigenvalue weighted by Gasteiger charge is -2.36. The van der Waals surface area contributed by atoms with Gasteiger partial charge in [-0.05, 0) is 18.4 Å². The fourth-order valence-electron chi connectivity index (χ4n) is 2.68. The third-order valence-corrected chi connectivity index (χ3v) is 3.66. The highest BCUT2D eigenvalue weighted by Crippen LogP contribution is 2.29. The molecule has 1 heterocycles. The van der Waals surface area contributed by atoms with Crippen LogP contribution < -0.4 is 0 Å². The van der Waals surface area contributed by atoms with Crippen LogP contribution in [-0.4, -0.2) is 30.0 Å². The van der Waals surface area contributed by atoms with Crippen LogP contribution in [0.5, 0.6) is 0 Å². The average Bonchev–Trinajstić information content (AvgIpc) is 2.40. The van der Waals surface area contributed by atoms with Gasteiger partial charge in [0.05, 0.1) is 24.9 Å². The molecule has 3 nitrogen and oxygen atoms in total. The Morgan fingerprint density at radius 3 is 2.89 bits per heavy atom. The molecule has 1 N–H and O–H groups in total. The van der Waals surface area contributed by atoms with Gasteiger partial charge in [-0.3, -0.25) is 0 Å². The molecule has 2 rings (SSSR count). The summed E-state index contributed by atoms with van der Waals surface area (Å²) >= 11 is 0. The van der Waals surface area contributed by atoms with E-state index in [1.165, 1.54) is 5.56 Å². The van der Waals surface area contributed by atoms with E-state index in [1.807, 2.05) is 18.2 Å². The molecule has 106 valence electrons. The van der Waals surface area contributed by atoms with Crippen LogP contribution in [0.2, 0.25) is 0 Å². The Hall–Kier alpha value is -0.900. The van der Waals surface area contributed by atoms with E-state index in [0.717, 1.165) is 19.3 Å². The second kappa shape index (κ2) is 7.04. The maximum Gasteiger partial charge on any atom is 0.0836 e. The second-order valence-corrected chi connectivity index (χ2v) is 5.42. The highest BCUT2D eigenvalue weighted by Gasteiger charge is 2.34. The van der Waals surface area contributed by atoms with Crippen molar-refractivity contribution in [3.63, 3.8) is 0 Å². The number of benzene rings is 1. The summed E-state index contributed by atoms with van der Waals surface area (Å²) in [4.78, 5) is 0. The number of rotatable bonds is 6. The summed E-state index contributed by atoms with van der Waals surface area (Å²) in [5.41, 5.74) is 0.621. The molecule has 0 amide bonds. The SMILES string of the molecule is CCC[C@]1(O)CCO[C@H](COCc2ccccc2)C1. The third-order valence-electron chi connectivity index (χ3n) is 3.66. The minimum absolute atomic E-state index is 0.0222. The van der Waals surface area contributed by atoms with Crippen molar-refractivity contribution in [2.24, 2.45) is 0 Å². The van der Waals surface area contributed by atoms with E-state index >= 15 is 0 Å². The van der Waals surface area contributed by atoms with E-state index in [1.54, 1.807) is 0 Å². The number of hydrogen-bond donors (Lipinski definition) is 1. The molecule has 1 aliphatic heterocycles. The molecule has 1 fully saturated rings. The lowest BCUT2D eigenvalue weighted by molar-refractivity contribution is -0.128. The van der Waals surface area contributed by atoms with Crippen LogP contribution in [0, 0.1) is 0 Å². The zero-order valence-corrected chi connectivity index (χ0v) is 11.7. The van der Waals surface area contributed by atoms with E-state index < -0.39 is 5.60 Å². The van der Waals surface area contributed by atoms with Gasteiger partial charge in [-0.1, -0.05) is 43.7 Å². The Bertz CT molecular complexity index is 362. The van der Waals surface area contributed by atoms with Crippen molar-refractivity contribution in [3.8, 4) is 0 Å². The largest absolute Gasteiger partial charge is 0.390 e. The van der Waals surface area contributed by atoms with Crippen molar-refractivity contribution in [1.29, 1.82) is 0 Å². The molecule has 0 bridgehead atoms. The van der Waals surface area contributed by atoms with E-state index in [2.05, 4.69) is 19.1 Å². The van der Waals surface area contributed by atoms with Gasteiger partial charge in [0.2, 0.25) is 0 Å². The van der Waals surface area contributed by atoms with Gasteiger partial charge in [-0.2, -0.15) is 0 Å². The van der Waals surface area contributed by atoms with Crippen molar-refractivity contribution in [2.45, 2.75) is 50.9 Å². The molecule has 19 heavy (non-hydrogen) atoms. The molecule has 1 aromatic carbocycles. The number of aliphatic hydroxyl groups is 1. The summed E-state index contributed by atoms with van der Waals surface area (Å²) in [6.07, 6.45) is 3.32. The van der Waals surface area contributed by atoms with E-state index in [9.17, 15) is 5.11 Å². The summed E-state index contributed by atoms with van der Waals surface area (Å²) in [6.45, 7) is 3.90. The Morgan fingerprint density at radius 1 is 1.37 bits per heavy atom. The molecule has 1 saturated heterocycles. The summed E-state index contributed by atoms with van der Waals surface area (Å²) in [7, 11) is 0. The van der Waals surface area contributed by atoms with Crippen molar-refractivity contribution < 1.29 is 14.6 Å². The first-order valence-corrected chi connectivity index (χ1v) is 7.17. The van der Waals surface area contributed by atoms with E-state index in [4.69, 9.17) is 9.47 Å². The van der Waals surface area contributed by atoms with Crippen LogP contribution in [-0.2, 0) is 16.1 Å². The standard InChI is InChI=1S/C16H24O3/c1-2-8-16(17)9-10-19-15(11-16)13-18-12-14-6-4-3-5-7-14/h3-7,15,17H,2,8-13H2,1H3/t15-,16-/m0/s1. The zero-order valence-electron chi connectivity index (χ0n) is 11.7. The van der Waals surface area contributed by atoms with Crippen molar-refractivity contribution in [3.05, 3.63) is 35.9 Å². The molecule has 0 spiro atoms. The molecular formula is C16H24O3. The predicted molar refractivity (Wildman–Crippen MR) is 74.9 cm³/mol. The van der Waals surface area contributed by atoms with Gasteiger partial charge >= 0.3 is 0 Å². The molecular weight excluding hydrogens is 240 g/mol. The fraction of sp³-hybridized carbons (Fsp3) is 0.625. The fourth-order valence-corrected chi connectivity index (χ4v) is 2.68. The predicted octanol–water partition coefficient (Wildman–Crippen LogP) is 2.91. The van der Waals surface area contributed by atoms with Gasteiger partial charge in [0.25, 0.3) is 0 Å². The number of hydrogen-bond acceptors (Lipinski definition) is 3. The van der Waals surface area contributed by atoms with Crippen LogP contribution in [0.25, 0.3) is 0 Å². The molecule has 2 atom stereocenters. The molecule has 0 unspecified atom stereocenters. The second-order valence-electron chi connectivity index (χ2n) is 5.42. The summed E-state index contributed by atoms with van der Waals surface area (Å²) in [6, 6.07) is 10.1. The van der Waals surface area contributed by atoms with Gasteiger partial charge in [0.1, 0.15) is 0 Å². The molecule has 3 heteroatoms. The number of ether oxygens (including phenoxy) is 2. The van der Waals surface area contributed by atoms with Crippen LogP contribution in [0.4, 0.5) is 0 Å². The first-order chi connectivity index (χ1) is 9.22. The lowest BCUT2D eigenvalue weighted by Crippen LogP contribution is -2.42. The monoisotopic (exact) mass is 264 g/mol. The zero-order chi connectivity index (χ0) is 13.6. The van der Waals surface area contributed by atoms with Crippen LogP contribution in [0.1, 0.15) is 38.2 Å². The molecule has 0 radical (unpaired) electrons. The van der Waals surface area contributed by atoms with Crippen LogP contribution in [0.3, 0.4) is 0 Å². The quantitative estimate of drug-likeness (QED) is 0.858. The molecule has 1 aliphatic rings. The maximum absolute atomic E-state index is 10.4. The Kier molecular flexibility index (Phi) is 5.37. The van der Waals surface area contributed by atoms with Gasteiger partial charge in [0.15, 0.2) is 0 Å². The molecule has 0 aromatic heterocycles. The van der Waals surface area contributed by atoms with Crippen molar-refractivity contribution in [1.82, 2.24) is 0 Å². The summed E-state index contributed by atoms with van der Waals surface area (Å²) in [5.74, 6) is 0. The Labute approximate surface area is 115 Å². The Balaban J connectivity index is 1.74. The summed E-state index contributed by atoms with van der Waals surface area (Å²) < 4.78 is 11.4. The van der Waals surface area contributed by atoms with Gasteiger partial charge < -0.3 is 14.6 Å². The summed E-state index contributed by atoms with van der Waals surface area (Å²) in [5, 5.41) is 10.4. The van der Waals surface area contributed by atoms with Crippen LogP contribution in [0.15, 0.2) is 30.3 Å². The lowest BCUT2D eigenvalue weighted by atomic mass is 9.86. The van der Waals surface area contributed by atoms with Crippen molar-refractivity contribution >= 4 is 0 Å².